The van der Waals surface area contributed by atoms with E-state index in [4.69, 9.17) is 24.3 Å². The van der Waals surface area contributed by atoms with Crippen molar-refractivity contribution in [2.75, 3.05) is 12.3 Å². The minimum absolute atomic E-state index is 0.0831. The Morgan fingerprint density at radius 3 is 2.66 bits per heavy atom. The van der Waals surface area contributed by atoms with Crippen molar-refractivity contribution < 1.29 is 42.8 Å². The molecule has 3 aromatic rings. The summed E-state index contributed by atoms with van der Waals surface area (Å²) in [6.07, 6.45) is -3.51. The molecule has 1 aromatic carbocycles. The van der Waals surface area contributed by atoms with Crippen LogP contribution in [0.2, 0.25) is 0 Å². The molecule has 1 unspecified atom stereocenters. The molecule has 6 atom stereocenters. The number of para-hydroxylation sites is 1. The molecule has 16 heteroatoms. The van der Waals surface area contributed by atoms with Crippen LogP contribution in [-0.2, 0) is 23.4 Å². The zero-order chi connectivity index (χ0) is 27.6. The van der Waals surface area contributed by atoms with Crippen molar-refractivity contribution in [3.63, 3.8) is 0 Å². The summed E-state index contributed by atoms with van der Waals surface area (Å²) in [5.41, 5.74) is 5.97. The average molecular weight is 552 g/mol. The molecule has 1 saturated heterocycles. The summed E-state index contributed by atoms with van der Waals surface area (Å²) < 4.78 is 37.4. The summed E-state index contributed by atoms with van der Waals surface area (Å²) in [5.74, 6) is -0.675. The number of rotatable bonds is 10. The van der Waals surface area contributed by atoms with Gasteiger partial charge in [-0.1, -0.05) is 23.2 Å². The Balaban J connectivity index is 1.51. The van der Waals surface area contributed by atoms with E-state index >= 15 is 0 Å². The molecule has 2 aromatic heterocycles. The third-order valence-electron chi connectivity index (χ3n) is 5.58. The van der Waals surface area contributed by atoms with Crippen molar-refractivity contribution in [2.45, 2.75) is 57.5 Å². The van der Waals surface area contributed by atoms with Crippen molar-refractivity contribution >= 4 is 30.7 Å². The maximum absolute atomic E-state index is 13.6. The van der Waals surface area contributed by atoms with E-state index in [9.17, 15) is 24.8 Å². The smallest absolute Gasteiger partial charge is 0.459 e. The molecule has 206 valence electrons. The summed E-state index contributed by atoms with van der Waals surface area (Å²) in [4.78, 5) is 20.3. The molecule has 15 nitrogen and oxygen atoms in total. The van der Waals surface area contributed by atoms with Crippen LogP contribution in [0.3, 0.4) is 0 Å². The van der Waals surface area contributed by atoms with Gasteiger partial charge in [0.1, 0.15) is 36.4 Å². The van der Waals surface area contributed by atoms with E-state index in [-0.39, 0.29) is 22.7 Å². The quantitative estimate of drug-likeness (QED) is 0.116. The largest absolute Gasteiger partial charge is 0.740 e. The number of hydrogen-bond donors (Lipinski definition) is 4. The van der Waals surface area contributed by atoms with Crippen LogP contribution in [0.15, 0.2) is 43.0 Å². The molecule has 4 rings (SSSR count). The second-order valence-corrected chi connectivity index (χ2v) is 10.6. The van der Waals surface area contributed by atoms with Crippen LogP contribution < -0.4 is 20.1 Å². The number of fused-ring (bicyclic) bond motifs is 1. The lowest BCUT2D eigenvalue weighted by Gasteiger charge is -2.25. The molecule has 1 aliphatic heterocycles. The third kappa shape index (κ3) is 5.88. The molecule has 0 bridgehead atoms. The topological polar surface area (TPSA) is 207 Å². The molecular weight excluding hydrogens is 523 g/mol. The lowest BCUT2D eigenvalue weighted by molar-refractivity contribution is -0.592. The number of aliphatic hydroxyl groups excluding tert-OH is 2. The number of carbonyl (C=O) groups is 1. The van der Waals surface area contributed by atoms with Crippen LogP contribution in [-0.4, -0.2) is 67.8 Å². The standard InChI is InChI=1S/C22H29N6O9P/c1-12(2)35-22(31)13(3)26-38(33,37-14-7-5-4-6-8-14)34-9-15-17(29)18(30)21(36-15)27-10-24-16-19(23)28(32)11-25-20(16)27/h4-8,10-13,15,17-18,21,29-30H,9,23H2,1-3H3,(H,26,33)/t13-,15-,17-,18-,21-,38?/m1/s1. The predicted octanol–water partition coefficient (Wildman–Crippen LogP) is 0.400. The molecule has 0 amide bonds. The first-order valence-corrected chi connectivity index (χ1v) is 13.2. The Bertz CT molecular complexity index is 1320. The van der Waals surface area contributed by atoms with Crippen LogP contribution in [0.1, 0.15) is 27.0 Å². The Labute approximate surface area is 217 Å². The maximum Gasteiger partial charge on any atom is 0.459 e. The molecule has 1 aliphatic rings. The lowest BCUT2D eigenvalue weighted by Crippen LogP contribution is -2.38. The van der Waals surface area contributed by atoms with Crippen molar-refractivity contribution in [2.24, 2.45) is 0 Å². The number of carbonyl (C=O) groups excluding carboxylic acids is 1. The van der Waals surface area contributed by atoms with E-state index in [1.165, 1.54) is 17.8 Å². The molecule has 0 saturated carbocycles. The van der Waals surface area contributed by atoms with Crippen molar-refractivity contribution in [1.29, 1.82) is 0 Å². The van der Waals surface area contributed by atoms with Crippen LogP contribution in [0, 0.1) is 5.21 Å². The van der Waals surface area contributed by atoms with E-state index in [0.717, 1.165) is 6.33 Å². The summed E-state index contributed by atoms with van der Waals surface area (Å²) >= 11 is 0. The lowest BCUT2D eigenvalue weighted by atomic mass is 10.1. The highest BCUT2D eigenvalue weighted by atomic mass is 31.2. The first kappa shape index (κ1) is 27.7. The Kier molecular flexibility index (Phi) is 8.16. The van der Waals surface area contributed by atoms with Crippen molar-refractivity contribution in [3.8, 4) is 5.75 Å². The fourth-order valence-corrected chi connectivity index (χ4v) is 5.23. The number of benzene rings is 1. The third-order valence-corrected chi connectivity index (χ3v) is 7.22. The van der Waals surface area contributed by atoms with E-state index < -0.39 is 57.0 Å². The molecule has 1 fully saturated rings. The van der Waals surface area contributed by atoms with Crippen LogP contribution >= 0.6 is 7.75 Å². The monoisotopic (exact) mass is 552 g/mol. The number of aliphatic hydroxyl groups is 2. The van der Waals surface area contributed by atoms with Crippen LogP contribution in [0.5, 0.6) is 5.75 Å². The number of imidazole rings is 1. The number of nitrogen functional groups attached to an aromatic ring is 1. The minimum Gasteiger partial charge on any atom is -0.740 e. The van der Waals surface area contributed by atoms with Gasteiger partial charge in [0.2, 0.25) is 12.0 Å². The van der Waals surface area contributed by atoms with Gasteiger partial charge < -0.3 is 35.2 Å². The number of hydrogen-bond acceptors (Lipinski definition) is 12. The number of ether oxygens (including phenoxy) is 2. The SMILES string of the molecule is CC(C)OC(=O)[C@@H](C)NP(=O)(OC[C@H]1O[C@@H](n2cnc3c(N)[n+]([O-])cnc32)[C@H](O)[C@@H]1O)Oc1ccccc1. The van der Waals surface area contributed by atoms with Gasteiger partial charge in [0.15, 0.2) is 11.7 Å². The minimum atomic E-state index is -4.23. The molecule has 3 heterocycles. The summed E-state index contributed by atoms with van der Waals surface area (Å²) in [6.45, 7) is 4.28. The van der Waals surface area contributed by atoms with Gasteiger partial charge in [0.25, 0.3) is 5.82 Å². The maximum atomic E-state index is 13.6. The highest BCUT2D eigenvalue weighted by Gasteiger charge is 2.46. The van der Waals surface area contributed by atoms with E-state index in [2.05, 4.69) is 15.1 Å². The average Bonchev–Trinajstić information content (AvgIpc) is 3.41. The zero-order valence-corrected chi connectivity index (χ0v) is 21.7. The fraction of sp³-hybridized carbons (Fsp3) is 0.455. The molecule has 0 aliphatic carbocycles. The van der Waals surface area contributed by atoms with Gasteiger partial charge in [0, 0.05) is 0 Å². The van der Waals surface area contributed by atoms with Gasteiger partial charge in [-0.25, -0.2) is 14.3 Å². The Hall–Kier alpha value is -3.33. The number of nitrogens with zero attached hydrogens (tertiary/aromatic N) is 4. The fourth-order valence-electron chi connectivity index (χ4n) is 3.73. The first-order valence-electron chi connectivity index (χ1n) is 11.7. The van der Waals surface area contributed by atoms with Crippen LogP contribution in [0.25, 0.3) is 11.2 Å². The van der Waals surface area contributed by atoms with Gasteiger partial charge in [-0.3, -0.25) is 13.9 Å². The van der Waals surface area contributed by atoms with Gasteiger partial charge in [-0.15, -0.1) is 0 Å². The predicted molar refractivity (Wildman–Crippen MR) is 131 cm³/mol. The van der Waals surface area contributed by atoms with Gasteiger partial charge in [-0.2, -0.15) is 5.09 Å². The number of aromatic nitrogens is 4. The first-order chi connectivity index (χ1) is 18.0. The van der Waals surface area contributed by atoms with Crippen LogP contribution in [0.4, 0.5) is 5.82 Å². The van der Waals surface area contributed by atoms with E-state index in [1.54, 1.807) is 44.2 Å². The summed E-state index contributed by atoms with van der Waals surface area (Å²) in [6, 6.07) is 7.07. The number of nitrogens with two attached hydrogens (primary N) is 1. The second-order valence-electron chi connectivity index (χ2n) is 8.86. The van der Waals surface area contributed by atoms with Gasteiger partial charge >= 0.3 is 13.7 Å². The summed E-state index contributed by atoms with van der Waals surface area (Å²) in [7, 11) is -4.23. The summed E-state index contributed by atoms with van der Waals surface area (Å²) in [5, 5.41) is 35.5. The Morgan fingerprint density at radius 2 is 1.97 bits per heavy atom. The van der Waals surface area contributed by atoms with E-state index in [0.29, 0.717) is 4.73 Å². The molecule has 38 heavy (non-hydrogen) atoms. The van der Waals surface area contributed by atoms with E-state index in [1.807, 2.05) is 0 Å². The normalized spacial score (nSPS) is 23.8. The van der Waals surface area contributed by atoms with Crippen molar-refractivity contribution in [3.05, 3.63) is 48.2 Å². The van der Waals surface area contributed by atoms with Crippen molar-refractivity contribution in [1.82, 2.24) is 19.6 Å². The molecule has 0 radical (unpaired) electrons. The second kappa shape index (κ2) is 11.2. The Morgan fingerprint density at radius 1 is 1.26 bits per heavy atom. The highest BCUT2D eigenvalue weighted by molar-refractivity contribution is 7.52. The number of anilines is 1. The molecular formula is C22H29N6O9P. The molecule has 5 N–H and O–H groups in total. The van der Waals surface area contributed by atoms with Gasteiger partial charge in [-0.05, 0) is 32.9 Å². The zero-order valence-electron chi connectivity index (χ0n) is 20.8. The highest BCUT2D eigenvalue weighted by Crippen LogP contribution is 2.46. The number of esters is 1. The number of nitrogens with one attached hydrogen (secondary N) is 1. The molecule has 0 spiro atoms. The van der Waals surface area contributed by atoms with Gasteiger partial charge in [0.05, 0.1) is 12.7 Å².